The van der Waals surface area contributed by atoms with E-state index in [0.717, 1.165) is 40.5 Å². The molecule has 4 nitrogen and oxygen atoms in total. The number of benzene rings is 7. The third kappa shape index (κ3) is 6.44. The molecule has 0 radical (unpaired) electrons. The first-order chi connectivity index (χ1) is 35.8. The molecule has 14 rings (SSSR count). The Kier molecular flexibility index (Phi) is 9.70. The van der Waals surface area contributed by atoms with E-state index in [1.54, 1.807) is 0 Å². The minimum absolute atomic E-state index is 0.000873. The van der Waals surface area contributed by atoms with Gasteiger partial charge in [0.15, 0.2) is 0 Å². The first kappa shape index (κ1) is 48.2. The van der Waals surface area contributed by atoms with E-state index in [4.69, 9.17) is 4.42 Å². The molecule has 2 atom stereocenters. The number of rotatable bonds is 3. The van der Waals surface area contributed by atoms with Gasteiger partial charge in [0.05, 0.1) is 5.54 Å². The molecule has 8 aromatic rings. The van der Waals surface area contributed by atoms with Crippen LogP contribution in [0, 0.1) is 13.8 Å². The largest absolute Gasteiger partial charge is 0.456 e. The second kappa shape index (κ2) is 15.3. The molecule has 1 saturated carbocycles. The summed E-state index contributed by atoms with van der Waals surface area (Å²) in [7, 11) is 0. The zero-order valence-electron chi connectivity index (χ0n) is 48.2. The molecule has 0 saturated heterocycles. The number of anilines is 8. The Labute approximate surface area is 454 Å². The molecule has 7 aromatic carbocycles. The summed E-state index contributed by atoms with van der Waals surface area (Å²) in [6.07, 6.45) is 8.33. The molecular formula is C71H78BN3O. The Hall–Kier alpha value is -6.20. The van der Waals surface area contributed by atoms with Crippen LogP contribution in [0.3, 0.4) is 0 Å². The Morgan fingerprint density at radius 1 is 0.474 bits per heavy atom. The highest BCUT2D eigenvalue weighted by Crippen LogP contribution is 2.62. The zero-order valence-corrected chi connectivity index (χ0v) is 48.2. The van der Waals surface area contributed by atoms with Crippen LogP contribution in [0.2, 0.25) is 0 Å². The van der Waals surface area contributed by atoms with E-state index in [9.17, 15) is 0 Å². The molecule has 76 heavy (non-hydrogen) atoms. The van der Waals surface area contributed by atoms with E-state index in [0.29, 0.717) is 0 Å². The first-order valence-corrected chi connectivity index (χ1v) is 28.9. The maximum atomic E-state index is 6.71. The maximum Gasteiger partial charge on any atom is 0.252 e. The van der Waals surface area contributed by atoms with E-state index in [2.05, 4.69) is 234 Å². The van der Waals surface area contributed by atoms with Gasteiger partial charge in [-0.25, -0.2) is 0 Å². The Morgan fingerprint density at radius 2 is 1.09 bits per heavy atom. The number of nitrogens with zero attached hydrogens (tertiary/aromatic N) is 3. The lowest BCUT2D eigenvalue weighted by Gasteiger charge is -2.51. The van der Waals surface area contributed by atoms with Crippen molar-refractivity contribution in [3.8, 4) is 0 Å². The van der Waals surface area contributed by atoms with Crippen molar-refractivity contribution in [3.63, 3.8) is 0 Å². The van der Waals surface area contributed by atoms with Crippen molar-refractivity contribution >= 4 is 90.5 Å². The van der Waals surface area contributed by atoms with Gasteiger partial charge < -0.3 is 19.1 Å². The number of fused-ring (bicyclic) bond motifs is 12. The predicted molar refractivity (Wildman–Crippen MR) is 325 cm³/mol. The predicted octanol–water partition coefficient (Wildman–Crippen LogP) is 17.6. The summed E-state index contributed by atoms with van der Waals surface area (Å²) in [6.45, 7) is 36.8. The van der Waals surface area contributed by atoms with Crippen LogP contribution in [0.1, 0.15) is 179 Å². The van der Waals surface area contributed by atoms with Gasteiger partial charge >= 0.3 is 0 Å². The third-order valence-corrected chi connectivity index (χ3v) is 20.9. The summed E-state index contributed by atoms with van der Waals surface area (Å²) >= 11 is 0. The van der Waals surface area contributed by atoms with E-state index >= 15 is 0 Å². The molecule has 0 bridgehead atoms. The van der Waals surface area contributed by atoms with E-state index in [1.807, 2.05) is 0 Å². The van der Waals surface area contributed by atoms with E-state index in [1.165, 1.54) is 133 Å². The molecule has 2 unspecified atom stereocenters. The van der Waals surface area contributed by atoms with Gasteiger partial charge in [-0.2, -0.15) is 0 Å². The SMILES string of the molecule is Cc1cc2c3c(c1)N(c1cc4c(cc1C)C(C)(C)CCC4(C)C)c1cc(N4c5ccc(C(C)(C)C)cc5C5(C)CCCCC45C)ccc1B3c1cc3c(cc1N2c1ccc2c(c1)oc1ccccc12)C(C)(C)CC3(C)C. The number of hydrogen-bond donors (Lipinski definition) is 0. The summed E-state index contributed by atoms with van der Waals surface area (Å²) in [5, 5.41) is 2.31. The average molecular weight is 1000 g/mol. The highest BCUT2D eigenvalue weighted by Gasteiger charge is 2.58. The summed E-state index contributed by atoms with van der Waals surface area (Å²) < 4.78 is 6.71. The second-order valence-electron chi connectivity index (χ2n) is 28.8. The number of furan rings is 1. The fourth-order valence-electron chi connectivity index (χ4n) is 16.7. The van der Waals surface area contributed by atoms with E-state index in [-0.39, 0.29) is 44.7 Å². The minimum Gasteiger partial charge on any atom is -0.456 e. The van der Waals surface area contributed by atoms with Crippen LogP contribution < -0.4 is 31.1 Å². The summed E-state index contributed by atoms with van der Waals surface area (Å²) in [5.41, 5.74) is 27.9. The molecule has 0 N–H and O–H groups in total. The molecule has 1 aromatic heterocycles. The number of aryl methyl sites for hydroxylation is 2. The molecule has 1 fully saturated rings. The highest BCUT2D eigenvalue weighted by molar-refractivity contribution is 7.00. The van der Waals surface area contributed by atoms with Gasteiger partial charge in [0.2, 0.25) is 0 Å². The fraction of sp³-hybridized carbons (Fsp3) is 0.408. The van der Waals surface area contributed by atoms with Crippen molar-refractivity contribution in [2.24, 2.45) is 0 Å². The van der Waals surface area contributed by atoms with Gasteiger partial charge in [0, 0.05) is 67.8 Å². The molecule has 5 heteroatoms. The third-order valence-electron chi connectivity index (χ3n) is 20.9. The molecule has 3 aliphatic carbocycles. The second-order valence-corrected chi connectivity index (χ2v) is 28.8. The number of hydrogen-bond acceptors (Lipinski definition) is 4. The maximum absolute atomic E-state index is 6.71. The number of para-hydroxylation sites is 1. The lowest BCUT2D eigenvalue weighted by atomic mass is 9.33. The van der Waals surface area contributed by atoms with Crippen molar-refractivity contribution < 1.29 is 4.42 Å². The summed E-state index contributed by atoms with van der Waals surface area (Å²) in [5.74, 6) is 0. The van der Waals surface area contributed by atoms with Gasteiger partial charge in [-0.1, -0.05) is 144 Å². The Morgan fingerprint density at radius 3 is 1.83 bits per heavy atom. The van der Waals surface area contributed by atoms with Crippen LogP contribution in [0.5, 0.6) is 0 Å². The quantitative estimate of drug-likeness (QED) is 0.165. The molecule has 386 valence electrons. The van der Waals surface area contributed by atoms with Gasteiger partial charge in [-0.15, -0.1) is 0 Å². The topological polar surface area (TPSA) is 22.9 Å². The van der Waals surface area contributed by atoms with Crippen LogP contribution in [-0.2, 0) is 32.5 Å². The molecule has 4 heterocycles. The Bertz CT molecular complexity index is 3840. The van der Waals surface area contributed by atoms with Gasteiger partial charge in [0.1, 0.15) is 11.2 Å². The molecule has 6 aliphatic rings. The van der Waals surface area contributed by atoms with Crippen molar-refractivity contribution in [3.05, 3.63) is 160 Å². The monoisotopic (exact) mass is 1000 g/mol. The normalized spacial score (nSPS) is 23.0. The highest BCUT2D eigenvalue weighted by atomic mass is 16.3. The molecule has 0 amide bonds. The average Bonchev–Trinajstić information content (AvgIpc) is 4.04. The van der Waals surface area contributed by atoms with Gasteiger partial charge in [0.25, 0.3) is 6.71 Å². The summed E-state index contributed by atoms with van der Waals surface area (Å²) in [4.78, 5) is 8.17. The van der Waals surface area contributed by atoms with Crippen molar-refractivity contribution in [2.75, 3.05) is 14.7 Å². The van der Waals surface area contributed by atoms with Gasteiger partial charge in [-0.05, 0) is 202 Å². The standard InChI is InChI=1S/C71H78BN3O/c1-42-32-60-64-61(33-42)74(57-39-51-49(34-43(57)2)66(6,7)30-31-67(51,8)9)58-36-46(75-56-27-22-44(65(3,4)5)35-53(56)70(14)28-18-19-29-71(70,75)15)24-26-54(58)72(64)55-38-50-52(69(12,13)41-68(50,10)11)40-59(55)73(60)45-23-25-48-47-20-16-17-21-62(47)76-63(48)37-45/h16-17,20-27,32-40H,18-19,28-31,41H2,1-15H3. The van der Waals surface area contributed by atoms with Crippen molar-refractivity contribution in [2.45, 2.75) is 187 Å². The van der Waals surface area contributed by atoms with E-state index < -0.39 is 0 Å². The first-order valence-electron chi connectivity index (χ1n) is 28.9. The zero-order chi connectivity index (χ0) is 53.2. The van der Waals surface area contributed by atoms with Gasteiger partial charge in [-0.3, -0.25) is 0 Å². The molecule has 3 aliphatic heterocycles. The van der Waals surface area contributed by atoms with Crippen LogP contribution in [0.15, 0.2) is 120 Å². The van der Waals surface area contributed by atoms with Crippen LogP contribution in [0.25, 0.3) is 21.9 Å². The Balaban J connectivity index is 1.07. The molecular weight excluding hydrogens is 922 g/mol. The van der Waals surface area contributed by atoms with Crippen LogP contribution in [0.4, 0.5) is 45.5 Å². The fourth-order valence-corrected chi connectivity index (χ4v) is 16.7. The van der Waals surface area contributed by atoms with Crippen LogP contribution >= 0.6 is 0 Å². The summed E-state index contributed by atoms with van der Waals surface area (Å²) in [6, 6.07) is 46.2. The minimum atomic E-state index is -0.0886. The lowest BCUT2D eigenvalue weighted by molar-refractivity contribution is 0.195. The lowest BCUT2D eigenvalue weighted by Crippen LogP contribution is -2.61. The molecule has 0 spiro atoms. The van der Waals surface area contributed by atoms with Crippen LogP contribution in [-0.4, -0.2) is 12.3 Å². The van der Waals surface area contributed by atoms with Crippen molar-refractivity contribution in [1.82, 2.24) is 0 Å². The smallest absolute Gasteiger partial charge is 0.252 e. The van der Waals surface area contributed by atoms with Crippen molar-refractivity contribution in [1.29, 1.82) is 0 Å².